The first-order valence-electron chi connectivity index (χ1n) is 3.30. The summed E-state index contributed by atoms with van der Waals surface area (Å²) in [5, 5.41) is 0. The van der Waals surface area contributed by atoms with E-state index in [1.165, 1.54) is 7.11 Å². The van der Waals surface area contributed by atoms with Crippen molar-refractivity contribution in [2.45, 2.75) is 6.92 Å². The summed E-state index contributed by atoms with van der Waals surface area (Å²) in [6, 6.07) is 0. The van der Waals surface area contributed by atoms with Gasteiger partial charge in [0.2, 0.25) is 0 Å². The highest BCUT2D eigenvalue weighted by Gasteiger charge is 2.12. The van der Waals surface area contributed by atoms with Crippen molar-refractivity contribution >= 4 is 23.0 Å². The first kappa shape index (κ1) is 13.5. The molecule has 4 heteroatoms. The van der Waals surface area contributed by atoms with Gasteiger partial charge in [-0.2, -0.15) is 0 Å². The molecule has 0 radical (unpaired) electrons. The van der Waals surface area contributed by atoms with Crippen molar-refractivity contribution in [2.75, 3.05) is 27.7 Å². The lowest BCUT2D eigenvalue weighted by molar-refractivity contribution is -0.145. The highest BCUT2D eigenvalue weighted by molar-refractivity contribution is 8.93. The van der Waals surface area contributed by atoms with Crippen molar-refractivity contribution in [3.8, 4) is 0 Å². The Bertz CT molecular complexity index is 117. The molecule has 1 unspecified atom stereocenters. The molecule has 0 bridgehead atoms. The molecule has 0 saturated carbocycles. The van der Waals surface area contributed by atoms with Crippen LogP contribution in [0, 0.1) is 5.92 Å². The molecule has 0 amide bonds. The SMILES string of the molecule is Br.COC(=O)C(C)CN(C)C. The molecular formula is C7H16BrNO2. The van der Waals surface area contributed by atoms with Crippen LogP contribution >= 0.6 is 17.0 Å². The standard InChI is InChI=1S/C7H15NO2.BrH/c1-6(5-8(2)3)7(9)10-4;/h6H,5H2,1-4H3;1H. The molecule has 68 valence electrons. The number of ether oxygens (including phenoxy) is 1. The number of esters is 1. The number of halogens is 1. The molecule has 0 saturated heterocycles. The lowest BCUT2D eigenvalue weighted by Crippen LogP contribution is -2.26. The largest absolute Gasteiger partial charge is 0.469 e. The minimum atomic E-state index is -0.145. The van der Waals surface area contributed by atoms with E-state index < -0.39 is 0 Å². The van der Waals surface area contributed by atoms with E-state index >= 15 is 0 Å². The van der Waals surface area contributed by atoms with Crippen LogP contribution in [-0.4, -0.2) is 38.6 Å². The second kappa shape index (κ2) is 6.61. The van der Waals surface area contributed by atoms with E-state index in [1.54, 1.807) is 0 Å². The Kier molecular flexibility index (Phi) is 8.11. The Labute approximate surface area is 78.5 Å². The van der Waals surface area contributed by atoms with E-state index in [-0.39, 0.29) is 28.9 Å². The number of hydrogen-bond donors (Lipinski definition) is 0. The normalized spacial score (nSPS) is 12.1. The van der Waals surface area contributed by atoms with Gasteiger partial charge < -0.3 is 9.64 Å². The van der Waals surface area contributed by atoms with Crippen LogP contribution in [0.3, 0.4) is 0 Å². The topological polar surface area (TPSA) is 29.5 Å². The number of carbonyl (C=O) groups is 1. The van der Waals surface area contributed by atoms with Gasteiger partial charge in [-0.3, -0.25) is 4.79 Å². The fourth-order valence-electron chi connectivity index (χ4n) is 0.823. The third-order valence-corrected chi connectivity index (χ3v) is 1.24. The lowest BCUT2D eigenvalue weighted by Gasteiger charge is -2.13. The molecule has 0 aromatic heterocycles. The predicted molar refractivity (Wildman–Crippen MR) is 50.1 cm³/mol. The molecular weight excluding hydrogens is 210 g/mol. The molecule has 0 fully saturated rings. The summed E-state index contributed by atoms with van der Waals surface area (Å²) in [5.74, 6) is -0.173. The Morgan fingerprint density at radius 1 is 1.55 bits per heavy atom. The summed E-state index contributed by atoms with van der Waals surface area (Å²) in [4.78, 5) is 12.8. The second-order valence-electron chi connectivity index (χ2n) is 2.69. The molecule has 0 aliphatic rings. The van der Waals surface area contributed by atoms with Gasteiger partial charge in [0.1, 0.15) is 0 Å². The molecule has 0 aromatic rings. The van der Waals surface area contributed by atoms with Gasteiger partial charge in [0.05, 0.1) is 13.0 Å². The van der Waals surface area contributed by atoms with Crippen molar-refractivity contribution in [2.24, 2.45) is 5.92 Å². The molecule has 0 spiro atoms. The Balaban J connectivity index is 0. The van der Waals surface area contributed by atoms with E-state index in [4.69, 9.17) is 0 Å². The molecule has 0 heterocycles. The third kappa shape index (κ3) is 6.31. The van der Waals surface area contributed by atoms with Crippen molar-refractivity contribution in [1.82, 2.24) is 4.90 Å². The van der Waals surface area contributed by atoms with Crippen molar-refractivity contribution in [1.29, 1.82) is 0 Å². The zero-order chi connectivity index (χ0) is 8.15. The quantitative estimate of drug-likeness (QED) is 0.670. The van der Waals surface area contributed by atoms with Gasteiger partial charge in [-0.1, -0.05) is 6.92 Å². The van der Waals surface area contributed by atoms with Crippen LogP contribution < -0.4 is 0 Å². The van der Waals surface area contributed by atoms with Crippen LogP contribution in [0.1, 0.15) is 6.92 Å². The van der Waals surface area contributed by atoms with Crippen molar-refractivity contribution < 1.29 is 9.53 Å². The van der Waals surface area contributed by atoms with E-state index in [9.17, 15) is 4.79 Å². The minimum Gasteiger partial charge on any atom is -0.469 e. The molecule has 0 aromatic carbocycles. The first-order chi connectivity index (χ1) is 4.57. The highest BCUT2D eigenvalue weighted by Crippen LogP contribution is 1.97. The zero-order valence-electron chi connectivity index (χ0n) is 7.46. The molecule has 0 aliphatic heterocycles. The Morgan fingerprint density at radius 3 is 2.27 bits per heavy atom. The summed E-state index contributed by atoms with van der Waals surface area (Å²) in [6.45, 7) is 2.60. The smallest absolute Gasteiger partial charge is 0.309 e. The van der Waals surface area contributed by atoms with Gasteiger partial charge >= 0.3 is 5.97 Å². The zero-order valence-corrected chi connectivity index (χ0v) is 9.17. The first-order valence-corrected chi connectivity index (χ1v) is 3.30. The summed E-state index contributed by atoms with van der Waals surface area (Å²) >= 11 is 0. The van der Waals surface area contributed by atoms with Crippen LogP contribution in [0.2, 0.25) is 0 Å². The second-order valence-corrected chi connectivity index (χ2v) is 2.69. The monoisotopic (exact) mass is 225 g/mol. The highest BCUT2D eigenvalue weighted by atomic mass is 79.9. The average Bonchev–Trinajstić information content (AvgIpc) is 1.85. The van der Waals surface area contributed by atoms with Gasteiger partial charge in [0, 0.05) is 6.54 Å². The number of hydrogen-bond acceptors (Lipinski definition) is 3. The molecule has 11 heavy (non-hydrogen) atoms. The fraction of sp³-hybridized carbons (Fsp3) is 0.857. The number of carbonyl (C=O) groups excluding carboxylic acids is 1. The van der Waals surface area contributed by atoms with Gasteiger partial charge in [0.25, 0.3) is 0 Å². The number of rotatable bonds is 3. The minimum absolute atomic E-state index is 0. The van der Waals surface area contributed by atoms with Gasteiger partial charge in [-0.05, 0) is 14.1 Å². The number of methoxy groups -OCH3 is 1. The van der Waals surface area contributed by atoms with E-state index in [2.05, 4.69) is 4.74 Å². The Morgan fingerprint density at radius 2 is 2.00 bits per heavy atom. The predicted octanol–water partition coefficient (Wildman–Crippen LogP) is 0.935. The summed E-state index contributed by atoms with van der Waals surface area (Å²) < 4.78 is 4.55. The molecule has 0 aliphatic carbocycles. The van der Waals surface area contributed by atoms with E-state index in [0.717, 1.165) is 6.54 Å². The summed E-state index contributed by atoms with van der Waals surface area (Å²) in [6.07, 6.45) is 0. The molecule has 0 N–H and O–H groups in total. The van der Waals surface area contributed by atoms with E-state index in [0.29, 0.717) is 0 Å². The van der Waals surface area contributed by atoms with Crippen LogP contribution in [0.25, 0.3) is 0 Å². The maximum Gasteiger partial charge on any atom is 0.309 e. The van der Waals surface area contributed by atoms with Gasteiger partial charge in [0.15, 0.2) is 0 Å². The van der Waals surface area contributed by atoms with Crippen LogP contribution in [-0.2, 0) is 9.53 Å². The maximum atomic E-state index is 10.8. The van der Waals surface area contributed by atoms with E-state index in [1.807, 2.05) is 25.9 Å². The maximum absolute atomic E-state index is 10.8. The lowest BCUT2D eigenvalue weighted by atomic mass is 10.2. The van der Waals surface area contributed by atoms with Gasteiger partial charge in [-0.25, -0.2) is 0 Å². The molecule has 0 rings (SSSR count). The van der Waals surface area contributed by atoms with Crippen LogP contribution in [0.4, 0.5) is 0 Å². The summed E-state index contributed by atoms with van der Waals surface area (Å²) in [5.41, 5.74) is 0. The van der Waals surface area contributed by atoms with Crippen molar-refractivity contribution in [3.63, 3.8) is 0 Å². The van der Waals surface area contributed by atoms with Crippen LogP contribution in [0.5, 0.6) is 0 Å². The number of nitrogens with zero attached hydrogens (tertiary/aromatic N) is 1. The van der Waals surface area contributed by atoms with Gasteiger partial charge in [-0.15, -0.1) is 17.0 Å². The average molecular weight is 226 g/mol. The molecule has 3 nitrogen and oxygen atoms in total. The molecule has 1 atom stereocenters. The Hall–Kier alpha value is -0.0900. The van der Waals surface area contributed by atoms with Crippen molar-refractivity contribution in [3.05, 3.63) is 0 Å². The summed E-state index contributed by atoms with van der Waals surface area (Å²) in [7, 11) is 5.27. The van der Waals surface area contributed by atoms with Crippen LogP contribution in [0.15, 0.2) is 0 Å². The fourth-order valence-corrected chi connectivity index (χ4v) is 0.823. The third-order valence-electron chi connectivity index (χ3n) is 1.24.